The largest absolute Gasteiger partial charge is 0.394 e. The molecule has 0 fully saturated rings. The van der Waals surface area contributed by atoms with Crippen LogP contribution in [-0.2, 0) is 4.79 Å². The van der Waals surface area contributed by atoms with E-state index in [1.807, 2.05) is 0 Å². The van der Waals surface area contributed by atoms with Gasteiger partial charge in [0.05, 0.1) is 25.2 Å². The summed E-state index contributed by atoms with van der Waals surface area (Å²) in [5, 5.41) is 20.0. The number of carbonyl (C=O) groups excluding carboxylic acids is 1. The molecule has 3 N–H and O–H groups in total. The van der Waals surface area contributed by atoms with E-state index in [-0.39, 0.29) is 25.5 Å². The third kappa shape index (κ3) is 3.37. The zero-order chi connectivity index (χ0) is 9.61. The summed E-state index contributed by atoms with van der Waals surface area (Å²) < 4.78 is 0. The fraction of sp³-hybridized carbons (Fsp3) is 0.625. The molecule has 0 aliphatic rings. The van der Waals surface area contributed by atoms with Crippen molar-refractivity contribution in [3.8, 4) is 12.3 Å². The number of terminal acetylenes is 1. The van der Waals surface area contributed by atoms with Crippen molar-refractivity contribution in [2.75, 3.05) is 13.2 Å². The van der Waals surface area contributed by atoms with E-state index in [1.54, 1.807) is 0 Å². The third-order valence-electron chi connectivity index (χ3n) is 1.40. The van der Waals surface area contributed by atoms with E-state index in [4.69, 9.17) is 16.6 Å². The fourth-order valence-electron chi connectivity index (χ4n) is 0.603. The molecule has 0 saturated carbocycles. The molecule has 0 heterocycles. The van der Waals surface area contributed by atoms with Gasteiger partial charge >= 0.3 is 0 Å². The summed E-state index contributed by atoms with van der Waals surface area (Å²) in [6.45, 7) is 0.890. The Morgan fingerprint density at radius 3 is 2.42 bits per heavy atom. The maximum Gasteiger partial charge on any atom is 0.232 e. The first-order valence-corrected chi connectivity index (χ1v) is 3.54. The minimum Gasteiger partial charge on any atom is -0.394 e. The first kappa shape index (κ1) is 11.0. The Morgan fingerprint density at radius 1 is 1.58 bits per heavy atom. The maximum absolute atomic E-state index is 10.9. The molecule has 0 aliphatic heterocycles. The molecule has 0 unspecified atom stereocenters. The molecule has 0 rings (SSSR count). The van der Waals surface area contributed by atoms with E-state index in [0.717, 1.165) is 0 Å². The average Bonchev–Trinajstić information content (AvgIpc) is 2.05. The summed E-state index contributed by atoms with van der Waals surface area (Å²) in [4.78, 5) is 10.9. The van der Waals surface area contributed by atoms with Gasteiger partial charge in [-0.2, -0.15) is 0 Å². The van der Waals surface area contributed by atoms with E-state index in [9.17, 15) is 4.79 Å². The van der Waals surface area contributed by atoms with Crippen LogP contribution in [0.1, 0.15) is 13.3 Å². The van der Waals surface area contributed by atoms with E-state index in [0.29, 0.717) is 0 Å². The van der Waals surface area contributed by atoms with E-state index < -0.39 is 5.54 Å². The summed E-state index contributed by atoms with van der Waals surface area (Å²) in [5.41, 5.74) is -0.978. The van der Waals surface area contributed by atoms with Crippen LogP contribution in [0, 0.1) is 12.3 Å². The Labute approximate surface area is 71.6 Å². The van der Waals surface area contributed by atoms with Crippen molar-refractivity contribution in [3.63, 3.8) is 0 Å². The lowest BCUT2D eigenvalue weighted by molar-refractivity contribution is -0.123. The number of nitrogens with one attached hydrogen (secondary N) is 1. The van der Waals surface area contributed by atoms with Crippen LogP contribution in [-0.4, -0.2) is 34.9 Å². The van der Waals surface area contributed by atoms with Crippen LogP contribution in [0.25, 0.3) is 0 Å². The number of rotatable bonds is 4. The third-order valence-corrected chi connectivity index (χ3v) is 1.40. The Bertz CT molecular complexity index is 191. The molecule has 0 aromatic heterocycles. The molecule has 4 heteroatoms. The SMILES string of the molecule is C#CCC(=O)NC(C)(CO)CO. The van der Waals surface area contributed by atoms with Gasteiger partial charge < -0.3 is 15.5 Å². The Kier molecular flexibility index (Phi) is 4.34. The number of aliphatic hydroxyl groups is 2. The molecular formula is C8H13NO3. The second-order valence-corrected chi connectivity index (χ2v) is 2.81. The van der Waals surface area contributed by atoms with Gasteiger partial charge in [-0.3, -0.25) is 4.79 Å². The second-order valence-electron chi connectivity index (χ2n) is 2.81. The van der Waals surface area contributed by atoms with E-state index in [2.05, 4.69) is 11.2 Å². The van der Waals surface area contributed by atoms with Crippen molar-refractivity contribution in [2.45, 2.75) is 18.9 Å². The molecule has 0 aliphatic carbocycles. The lowest BCUT2D eigenvalue weighted by Crippen LogP contribution is -2.51. The standard InChI is InChI=1S/C8H13NO3/c1-3-4-7(12)9-8(2,5-10)6-11/h1,10-11H,4-6H2,2H3,(H,9,12). The highest BCUT2D eigenvalue weighted by Crippen LogP contribution is 2.00. The van der Waals surface area contributed by atoms with Crippen LogP contribution in [0.15, 0.2) is 0 Å². The number of amides is 1. The number of carbonyl (C=O) groups is 1. The molecule has 0 atom stereocenters. The van der Waals surface area contributed by atoms with Crippen LogP contribution < -0.4 is 5.32 Å². The number of hydrogen-bond acceptors (Lipinski definition) is 3. The lowest BCUT2D eigenvalue weighted by Gasteiger charge is -2.25. The molecule has 0 aromatic carbocycles. The molecule has 1 amide bonds. The average molecular weight is 171 g/mol. The molecule has 0 saturated heterocycles. The van der Waals surface area contributed by atoms with Crippen LogP contribution in [0.4, 0.5) is 0 Å². The Balaban J connectivity index is 4.04. The van der Waals surface area contributed by atoms with Crippen molar-refractivity contribution in [1.29, 1.82) is 0 Å². The molecule has 0 bridgehead atoms. The van der Waals surface area contributed by atoms with E-state index >= 15 is 0 Å². The van der Waals surface area contributed by atoms with Crippen molar-refractivity contribution in [3.05, 3.63) is 0 Å². The summed E-state index contributed by atoms with van der Waals surface area (Å²) >= 11 is 0. The molecule has 4 nitrogen and oxygen atoms in total. The quantitative estimate of drug-likeness (QED) is 0.469. The van der Waals surface area contributed by atoms with Crippen LogP contribution >= 0.6 is 0 Å². The number of aliphatic hydroxyl groups excluding tert-OH is 2. The maximum atomic E-state index is 10.9. The molecule has 0 aromatic rings. The molecule has 0 spiro atoms. The number of hydrogen-bond donors (Lipinski definition) is 3. The first-order chi connectivity index (χ1) is 5.58. The Morgan fingerprint density at radius 2 is 2.08 bits per heavy atom. The van der Waals surface area contributed by atoms with Crippen molar-refractivity contribution < 1.29 is 15.0 Å². The smallest absolute Gasteiger partial charge is 0.232 e. The van der Waals surface area contributed by atoms with Gasteiger partial charge in [0.1, 0.15) is 0 Å². The van der Waals surface area contributed by atoms with Gasteiger partial charge in [-0.05, 0) is 6.92 Å². The minimum absolute atomic E-state index is 0.0460. The van der Waals surface area contributed by atoms with Gasteiger partial charge in [-0.15, -0.1) is 6.42 Å². The van der Waals surface area contributed by atoms with Gasteiger partial charge in [0.25, 0.3) is 0 Å². The molecule has 0 radical (unpaired) electrons. The van der Waals surface area contributed by atoms with Crippen molar-refractivity contribution in [2.24, 2.45) is 0 Å². The zero-order valence-corrected chi connectivity index (χ0v) is 7.00. The van der Waals surface area contributed by atoms with Crippen molar-refractivity contribution >= 4 is 5.91 Å². The monoisotopic (exact) mass is 171 g/mol. The van der Waals surface area contributed by atoms with Gasteiger partial charge in [0.2, 0.25) is 5.91 Å². The summed E-state index contributed by atoms with van der Waals surface area (Å²) in [7, 11) is 0. The van der Waals surface area contributed by atoms with Gasteiger partial charge in [-0.1, -0.05) is 5.92 Å². The summed E-state index contributed by atoms with van der Waals surface area (Å²) in [5.74, 6) is 1.79. The summed E-state index contributed by atoms with van der Waals surface area (Å²) in [6, 6.07) is 0. The predicted molar refractivity (Wildman–Crippen MR) is 44.2 cm³/mol. The predicted octanol–water partition coefficient (Wildman–Crippen LogP) is -1.13. The molecular weight excluding hydrogens is 158 g/mol. The highest BCUT2D eigenvalue weighted by atomic mass is 16.3. The zero-order valence-electron chi connectivity index (χ0n) is 7.00. The van der Waals surface area contributed by atoms with Gasteiger partial charge in [0.15, 0.2) is 0 Å². The topological polar surface area (TPSA) is 69.6 Å². The van der Waals surface area contributed by atoms with E-state index in [1.165, 1.54) is 6.92 Å². The highest BCUT2D eigenvalue weighted by Gasteiger charge is 2.23. The Hall–Kier alpha value is -1.05. The van der Waals surface area contributed by atoms with Crippen LogP contribution in [0.2, 0.25) is 0 Å². The summed E-state index contributed by atoms with van der Waals surface area (Å²) in [6.07, 6.45) is 4.85. The lowest BCUT2D eigenvalue weighted by atomic mass is 10.1. The highest BCUT2D eigenvalue weighted by molar-refractivity contribution is 5.79. The van der Waals surface area contributed by atoms with Gasteiger partial charge in [-0.25, -0.2) is 0 Å². The molecule has 12 heavy (non-hydrogen) atoms. The molecule has 68 valence electrons. The fourth-order valence-corrected chi connectivity index (χ4v) is 0.603. The van der Waals surface area contributed by atoms with Crippen molar-refractivity contribution in [1.82, 2.24) is 5.32 Å². The second kappa shape index (κ2) is 4.75. The first-order valence-electron chi connectivity index (χ1n) is 3.54. The van der Waals surface area contributed by atoms with Crippen LogP contribution in [0.5, 0.6) is 0 Å². The van der Waals surface area contributed by atoms with Gasteiger partial charge in [0, 0.05) is 0 Å². The normalized spacial score (nSPS) is 10.5. The van der Waals surface area contributed by atoms with Crippen LogP contribution in [0.3, 0.4) is 0 Å². The minimum atomic E-state index is -0.978.